The van der Waals surface area contributed by atoms with E-state index in [2.05, 4.69) is 42.3 Å². The smallest absolute Gasteiger partial charge is 0.257 e. The monoisotopic (exact) mass is 308 g/mol. The molecule has 2 aromatic carbocycles. The first-order valence-electron chi connectivity index (χ1n) is 7.03. The first kappa shape index (κ1) is 14.5. The average molecular weight is 308 g/mol. The lowest BCUT2D eigenvalue weighted by Gasteiger charge is -2.04. The lowest BCUT2D eigenvalue weighted by molar-refractivity contribution is 0.102. The molecular formula is C18H16N2OS. The third-order valence-corrected chi connectivity index (χ3v) is 4.37. The number of carbonyl (C=O) groups excluding carboxylic acids is 1. The van der Waals surface area contributed by atoms with Crippen LogP contribution in [0.25, 0.3) is 10.4 Å². The van der Waals surface area contributed by atoms with Crippen LogP contribution in [0.4, 0.5) is 5.13 Å². The fraction of sp³-hybridized carbons (Fsp3) is 0.111. The molecule has 4 heteroatoms. The van der Waals surface area contributed by atoms with E-state index in [9.17, 15) is 4.79 Å². The number of anilines is 1. The van der Waals surface area contributed by atoms with Crippen LogP contribution in [0.1, 0.15) is 21.5 Å². The number of thiazole rings is 1. The second-order valence-corrected chi connectivity index (χ2v) is 6.20. The number of rotatable bonds is 3. The van der Waals surface area contributed by atoms with Crippen LogP contribution >= 0.6 is 11.3 Å². The highest BCUT2D eigenvalue weighted by molar-refractivity contribution is 7.19. The molecule has 0 fully saturated rings. The van der Waals surface area contributed by atoms with Crippen molar-refractivity contribution >= 4 is 22.4 Å². The van der Waals surface area contributed by atoms with E-state index in [-0.39, 0.29) is 5.91 Å². The molecule has 3 aromatic rings. The second-order valence-electron chi connectivity index (χ2n) is 5.17. The summed E-state index contributed by atoms with van der Waals surface area (Å²) in [5, 5.41) is 3.47. The minimum absolute atomic E-state index is 0.137. The van der Waals surface area contributed by atoms with Crippen molar-refractivity contribution in [2.24, 2.45) is 0 Å². The van der Waals surface area contributed by atoms with Crippen LogP contribution in [-0.4, -0.2) is 10.9 Å². The zero-order valence-corrected chi connectivity index (χ0v) is 13.3. The van der Waals surface area contributed by atoms with Gasteiger partial charge in [-0.1, -0.05) is 53.3 Å². The van der Waals surface area contributed by atoms with Gasteiger partial charge < -0.3 is 0 Å². The maximum Gasteiger partial charge on any atom is 0.257 e. The molecule has 0 aliphatic heterocycles. The number of nitrogens with zero attached hydrogens (tertiary/aromatic N) is 1. The average Bonchev–Trinajstić information content (AvgIpc) is 2.99. The van der Waals surface area contributed by atoms with Crippen molar-refractivity contribution in [2.45, 2.75) is 13.8 Å². The van der Waals surface area contributed by atoms with E-state index in [0.29, 0.717) is 10.7 Å². The van der Waals surface area contributed by atoms with Gasteiger partial charge in [0.05, 0.1) is 4.88 Å². The number of benzene rings is 2. The van der Waals surface area contributed by atoms with Crippen molar-refractivity contribution in [3.05, 3.63) is 71.4 Å². The third-order valence-electron chi connectivity index (χ3n) is 3.42. The minimum Gasteiger partial charge on any atom is -0.298 e. The first-order chi connectivity index (χ1) is 10.6. The number of carbonyl (C=O) groups is 1. The van der Waals surface area contributed by atoms with Gasteiger partial charge in [-0.15, -0.1) is 0 Å². The van der Waals surface area contributed by atoms with E-state index in [1.165, 1.54) is 22.5 Å². The van der Waals surface area contributed by atoms with Crippen molar-refractivity contribution in [1.82, 2.24) is 4.98 Å². The minimum atomic E-state index is -0.137. The molecular weight excluding hydrogens is 292 g/mol. The normalized spacial score (nSPS) is 10.5. The van der Waals surface area contributed by atoms with Crippen LogP contribution in [0.5, 0.6) is 0 Å². The lowest BCUT2D eigenvalue weighted by atomic mass is 10.1. The summed E-state index contributed by atoms with van der Waals surface area (Å²) in [5.74, 6) is -0.137. The van der Waals surface area contributed by atoms with Crippen molar-refractivity contribution in [3.63, 3.8) is 0 Å². The molecule has 0 saturated heterocycles. The molecule has 22 heavy (non-hydrogen) atoms. The standard InChI is InChI=1S/C18H16N2OS/c1-12-8-9-13(2)15(10-12)16-11-19-18(22-16)20-17(21)14-6-4-3-5-7-14/h3-11H,1-2H3,(H,19,20,21). The molecule has 3 nitrogen and oxygen atoms in total. The van der Waals surface area contributed by atoms with Gasteiger partial charge >= 0.3 is 0 Å². The molecule has 0 spiro atoms. The molecule has 1 aromatic heterocycles. The number of aromatic nitrogens is 1. The molecule has 110 valence electrons. The molecule has 1 amide bonds. The summed E-state index contributed by atoms with van der Waals surface area (Å²) in [4.78, 5) is 17.5. The Balaban J connectivity index is 1.82. The second kappa shape index (κ2) is 6.12. The lowest BCUT2D eigenvalue weighted by Crippen LogP contribution is -2.11. The highest BCUT2D eigenvalue weighted by Crippen LogP contribution is 2.32. The van der Waals surface area contributed by atoms with Crippen molar-refractivity contribution in [2.75, 3.05) is 5.32 Å². The Labute approximate surface area is 133 Å². The molecule has 0 aliphatic carbocycles. The highest BCUT2D eigenvalue weighted by atomic mass is 32.1. The molecule has 1 heterocycles. The predicted molar refractivity (Wildman–Crippen MR) is 91.4 cm³/mol. The molecule has 0 aliphatic rings. The SMILES string of the molecule is Cc1ccc(C)c(-c2cnc(NC(=O)c3ccccc3)s2)c1. The van der Waals surface area contributed by atoms with Gasteiger partial charge in [-0.25, -0.2) is 4.98 Å². The summed E-state index contributed by atoms with van der Waals surface area (Å²) in [5.41, 5.74) is 4.21. The van der Waals surface area contributed by atoms with Crippen LogP contribution in [0.2, 0.25) is 0 Å². The largest absolute Gasteiger partial charge is 0.298 e. The van der Waals surface area contributed by atoms with E-state index < -0.39 is 0 Å². The highest BCUT2D eigenvalue weighted by Gasteiger charge is 2.11. The quantitative estimate of drug-likeness (QED) is 0.763. The van der Waals surface area contributed by atoms with Crippen LogP contribution < -0.4 is 5.32 Å². The third kappa shape index (κ3) is 3.07. The van der Waals surface area contributed by atoms with Gasteiger partial charge in [0.1, 0.15) is 0 Å². The fourth-order valence-corrected chi connectivity index (χ4v) is 3.11. The van der Waals surface area contributed by atoms with Crippen LogP contribution in [0, 0.1) is 13.8 Å². The Morgan fingerprint density at radius 3 is 2.64 bits per heavy atom. The number of hydrogen-bond donors (Lipinski definition) is 1. The maximum absolute atomic E-state index is 12.1. The predicted octanol–water partition coefficient (Wildman–Crippen LogP) is 4.68. The molecule has 0 unspecified atom stereocenters. The van der Waals surface area contributed by atoms with Gasteiger partial charge in [-0.05, 0) is 37.1 Å². The van der Waals surface area contributed by atoms with Crippen molar-refractivity contribution in [3.8, 4) is 10.4 Å². The van der Waals surface area contributed by atoms with E-state index in [0.717, 1.165) is 10.4 Å². The van der Waals surface area contributed by atoms with Gasteiger partial charge in [0.2, 0.25) is 0 Å². The van der Waals surface area contributed by atoms with Gasteiger partial charge in [-0.3, -0.25) is 10.1 Å². The van der Waals surface area contributed by atoms with Crippen LogP contribution in [0.15, 0.2) is 54.7 Å². The van der Waals surface area contributed by atoms with Gasteiger partial charge in [-0.2, -0.15) is 0 Å². The topological polar surface area (TPSA) is 42.0 Å². The summed E-state index contributed by atoms with van der Waals surface area (Å²) in [6.45, 7) is 4.15. The molecule has 0 bridgehead atoms. The summed E-state index contributed by atoms with van der Waals surface area (Å²) in [6, 6.07) is 15.5. The van der Waals surface area contributed by atoms with E-state index in [4.69, 9.17) is 0 Å². The summed E-state index contributed by atoms with van der Waals surface area (Å²) in [7, 11) is 0. The molecule has 3 rings (SSSR count). The van der Waals surface area contributed by atoms with E-state index in [1.807, 2.05) is 24.4 Å². The maximum atomic E-state index is 12.1. The Kier molecular flexibility index (Phi) is 4.02. The Bertz CT molecular complexity index is 809. The Morgan fingerprint density at radius 1 is 1.09 bits per heavy atom. The van der Waals surface area contributed by atoms with Crippen molar-refractivity contribution < 1.29 is 4.79 Å². The molecule has 0 atom stereocenters. The zero-order chi connectivity index (χ0) is 15.5. The van der Waals surface area contributed by atoms with Crippen molar-refractivity contribution in [1.29, 1.82) is 0 Å². The Hall–Kier alpha value is -2.46. The van der Waals surface area contributed by atoms with E-state index >= 15 is 0 Å². The van der Waals surface area contributed by atoms with E-state index in [1.54, 1.807) is 12.1 Å². The van der Waals surface area contributed by atoms with Gasteiger partial charge in [0.15, 0.2) is 5.13 Å². The fourth-order valence-electron chi connectivity index (χ4n) is 2.22. The van der Waals surface area contributed by atoms with Gasteiger partial charge in [0.25, 0.3) is 5.91 Å². The molecule has 1 N–H and O–H groups in total. The summed E-state index contributed by atoms with van der Waals surface area (Å²) in [6.07, 6.45) is 1.81. The molecule has 0 radical (unpaired) electrons. The summed E-state index contributed by atoms with van der Waals surface area (Å²) >= 11 is 1.49. The number of amides is 1. The van der Waals surface area contributed by atoms with Crippen LogP contribution in [-0.2, 0) is 0 Å². The number of aryl methyl sites for hydroxylation is 2. The number of nitrogens with one attached hydrogen (secondary N) is 1. The number of hydrogen-bond acceptors (Lipinski definition) is 3. The Morgan fingerprint density at radius 2 is 1.86 bits per heavy atom. The van der Waals surface area contributed by atoms with Crippen LogP contribution in [0.3, 0.4) is 0 Å². The zero-order valence-electron chi connectivity index (χ0n) is 12.5. The van der Waals surface area contributed by atoms with Gasteiger partial charge in [0, 0.05) is 11.8 Å². The summed E-state index contributed by atoms with van der Waals surface area (Å²) < 4.78 is 0. The first-order valence-corrected chi connectivity index (χ1v) is 7.85. The molecule has 0 saturated carbocycles.